The highest BCUT2D eigenvalue weighted by atomic mass is 16.4. The van der Waals surface area contributed by atoms with Crippen molar-refractivity contribution in [1.29, 1.82) is 0 Å². The number of carbonyl (C=O) groups is 2. The molecule has 1 fully saturated rings. The Morgan fingerprint density at radius 1 is 1.31 bits per heavy atom. The van der Waals surface area contributed by atoms with Crippen LogP contribution in [0, 0.1) is 5.92 Å². The van der Waals surface area contributed by atoms with Crippen molar-refractivity contribution >= 4 is 11.9 Å². The van der Waals surface area contributed by atoms with Gasteiger partial charge in [0.05, 0.1) is 6.04 Å². The van der Waals surface area contributed by atoms with Crippen LogP contribution in [0.5, 0.6) is 0 Å². The molecule has 0 heterocycles. The molecule has 0 aromatic heterocycles. The van der Waals surface area contributed by atoms with E-state index >= 15 is 0 Å². The van der Waals surface area contributed by atoms with Gasteiger partial charge in [-0.3, -0.25) is 4.79 Å². The number of carbonyl (C=O) groups excluding carboxylic acids is 1. The number of carboxylic acids is 1. The molecule has 1 saturated carbocycles. The number of aliphatic carboxylic acids is 1. The fourth-order valence-corrected chi connectivity index (χ4v) is 1.99. The molecule has 16 heavy (non-hydrogen) atoms. The van der Waals surface area contributed by atoms with Gasteiger partial charge in [0.1, 0.15) is 5.54 Å². The summed E-state index contributed by atoms with van der Waals surface area (Å²) in [6, 6.07) is -0.642. The fourth-order valence-electron chi connectivity index (χ4n) is 1.99. The molecule has 92 valence electrons. The number of nitrogens with one attached hydrogen (secondary N) is 1. The van der Waals surface area contributed by atoms with E-state index in [1.807, 2.05) is 13.8 Å². The molecule has 0 aromatic rings. The van der Waals surface area contributed by atoms with Crippen LogP contribution in [0.4, 0.5) is 0 Å². The van der Waals surface area contributed by atoms with Crippen molar-refractivity contribution in [3.8, 4) is 0 Å². The summed E-state index contributed by atoms with van der Waals surface area (Å²) in [5.74, 6) is -1.30. The second-order valence-corrected chi connectivity index (χ2v) is 4.85. The quantitative estimate of drug-likeness (QED) is 0.652. The summed E-state index contributed by atoms with van der Waals surface area (Å²) < 4.78 is 0. The lowest BCUT2D eigenvalue weighted by Gasteiger charge is -2.27. The van der Waals surface area contributed by atoms with Gasteiger partial charge < -0.3 is 16.2 Å². The third-order valence-corrected chi connectivity index (χ3v) is 3.25. The van der Waals surface area contributed by atoms with Crippen LogP contribution < -0.4 is 11.1 Å². The summed E-state index contributed by atoms with van der Waals surface area (Å²) in [5, 5.41) is 11.8. The van der Waals surface area contributed by atoms with Crippen molar-refractivity contribution < 1.29 is 14.7 Å². The molecule has 1 aliphatic rings. The maximum atomic E-state index is 11.8. The molecule has 4 N–H and O–H groups in total. The van der Waals surface area contributed by atoms with Gasteiger partial charge in [0.15, 0.2) is 0 Å². The minimum absolute atomic E-state index is 0.00671. The molecule has 0 spiro atoms. The molecular formula is C11H20N2O3. The smallest absolute Gasteiger partial charge is 0.329 e. The molecule has 1 aliphatic carbocycles. The zero-order valence-electron chi connectivity index (χ0n) is 9.82. The molecule has 0 aliphatic heterocycles. The van der Waals surface area contributed by atoms with Gasteiger partial charge in [-0.05, 0) is 18.8 Å². The number of carboxylic acid groups (broad SMARTS) is 1. The first kappa shape index (κ1) is 13.0. The Balaban J connectivity index is 2.70. The summed E-state index contributed by atoms with van der Waals surface area (Å²) in [4.78, 5) is 22.9. The van der Waals surface area contributed by atoms with Gasteiger partial charge in [-0.2, -0.15) is 0 Å². The van der Waals surface area contributed by atoms with E-state index in [0.717, 1.165) is 12.8 Å². The molecule has 0 radical (unpaired) electrons. The topological polar surface area (TPSA) is 92.4 Å². The van der Waals surface area contributed by atoms with Crippen LogP contribution in [0.1, 0.15) is 39.5 Å². The van der Waals surface area contributed by atoms with Crippen molar-refractivity contribution in [3.63, 3.8) is 0 Å². The van der Waals surface area contributed by atoms with Crippen molar-refractivity contribution in [1.82, 2.24) is 5.32 Å². The molecular weight excluding hydrogens is 208 g/mol. The number of nitrogens with two attached hydrogens (primary N) is 1. The van der Waals surface area contributed by atoms with E-state index in [0.29, 0.717) is 12.8 Å². The van der Waals surface area contributed by atoms with Gasteiger partial charge in [-0.15, -0.1) is 0 Å². The van der Waals surface area contributed by atoms with Crippen LogP contribution in [0.3, 0.4) is 0 Å². The Morgan fingerprint density at radius 2 is 1.81 bits per heavy atom. The number of rotatable bonds is 4. The van der Waals surface area contributed by atoms with Crippen molar-refractivity contribution in [2.24, 2.45) is 11.7 Å². The standard InChI is InChI=1S/C11H20N2O3/c1-7(2)8(12)9(14)13-11(10(15)16)5-3-4-6-11/h7-8H,3-6,12H2,1-2H3,(H,13,14)(H,15,16)/t8-/m1/s1. The Morgan fingerprint density at radius 3 is 2.19 bits per heavy atom. The molecule has 0 bridgehead atoms. The fraction of sp³-hybridized carbons (Fsp3) is 0.818. The number of hydrogen-bond donors (Lipinski definition) is 3. The molecule has 0 saturated heterocycles. The summed E-state index contributed by atoms with van der Waals surface area (Å²) >= 11 is 0. The van der Waals surface area contributed by atoms with Gasteiger partial charge in [0.2, 0.25) is 5.91 Å². The van der Waals surface area contributed by atoms with Gasteiger partial charge >= 0.3 is 5.97 Å². The Bertz CT molecular complexity index is 283. The van der Waals surface area contributed by atoms with Crippen LogP contribution in [-0.2, 0) is 9.59 Å². The molecule has 0 aromatic carbocycles. The first-order valence-electron chi connectivity index (χ1n) is 5.70. The summed E-state index contributed by atoms with van der Waals surface area (Å²) in [6.07, 6.45) is 2.67. The zero-order valence-corrected chi connectivity index (χ0v) is 9.82. The lowest BCUT2D eigenvalue weighted by atomic mass is 9.96. The molecule has 5 heteroatoms. The highest BCUT2D eigenvalue weighted by Crippen LogP contribution is 2.30. The lowest BCUT2D eigenvalue weighted by Crippen LogP contribution is -2.57. The van der Waals surface area contributed by atoms with Crippen LogP contribution in [0.2, 0.25) is 0 Å². The van der Waals surface area contributed by atoms with E-state index in [2.05, 4.69) is 5.32 Å². The lowest BCUT2D eigenvalue weighted by molar-refractivity contribution is -0.147. The van der Waals surface area contributed by atoms with Gasteiger partial charge in [0.25, 0.3) is 0 Å². The highest BCUT2D eigenvalue weighted by molar-refractivity contribution is 5.89. The van der Waals surface area contributed by atoms with Gasteiger partial charge in [-0.25, -0.2) is 4.79 Å². The van der Waals surface area contributed by atoms with Gasteiger partial charge in [-0.1, -0.05) is 26.7 Å². The number of hydrogen-bond acceptors (Lipinski definition) is 3. The third kappa shape index (κ3) is 2.52. The zero-order chi connectivity index (χ0) is 12.3. The SMILES string of the molecule is CC(C)[C@@H](N)C(=O)NC1(C(=O)O)CCCC1. The first-order valence-corrected chi connectivity index (χ1v) is 5.70. The van der Waals surface area contributed by atoms with E-state index in [-0.39, 0.29) is 11.8 Å². The molecule has 0 unspecified atom stereocenters. The van der Waals surface area contributed by atoms with Crippen LogP contribution >= 0.6 is 0 Å². The minimum Gasteiger partial charge on any atom is -0.480 e. The van der Waals surface area contributed by atoms with Crippen LogP contribution in [0.25, 0.3) is 0 Å². The van der Waals surface area contributed by atoms with Gasteiger partial charge in [0, 0.05) is 0 Å². The predicted octanol–water partition coefficient (Wildman–Crippen LogP) is 0.483. The van der Waals surface area contributed by atoms with E-state index in [1.54, 1.807) is 0 Å². The minimum atomic E-state index is -1.08. The normalized spacial score (nSPS) is 20.8. The summed E-state index contributed by atoms with van der Waals surface area (Å²) in [7, 11) is 0. The van der Waals surface area contributed by atoms with Crippen molar-refractivity contribution in [2.45, 2.75) is 51.1 Å². The largest absolute Gasteiger partial charge is 0.480 e. The maximum absolute atomic E-state index is 11.8. The summed E-state index contributed by atoms with van der Waals surface area (Å²) in [5.41, 5.74) is 4.61. The van der Waals surface area contributed by atoms with Crippen LogP contribution in [0.15, 0.2) is 0 Å². The van der Waals surface area contributed by atoms with Crippen molar-refractivity contribution in [2.75, 3.05) is 0 Å². The summed E-state index contributed by atoms with van der Waals surface area (Å²) in [6.45, 7) is 3.68. The molecule has 1 rings (SSSR count). The van der Waals surface area contributed by atoms with Crippen LogP contribution in [-0.4, -0.2) is 28.6 Å². The van der Waals surface area contributed by atoms with Crippen molar-refractivity contribution in [3.05, 3.63) is 0 Å². The number of amides is 1. The van der Waals surface area contributed by atoms with E-state index in [1.165, 1.54) is 0 Å². The average molecular weight is 228 g/mol. The molecule has 1 atom stereocenters. The predicted molar refractivity (Wildman–Crippen MR) is 59.8 cm³/mol. The Hall–Kier alpha value is -1.10. The second-order valence-electron chi connectivity index (χ2n) is 4.85. The van der Waals surface area contributed by atoms with E-state index in [4.69, 9.17) is 5.73 Å². The Labute approximate surface area is 95.4 Å². The monoisotopic (exact) mass is 228 g/mol. The highest BCUT2D eigenvalue weighted by Gasteiger charge is 2.43. The Kier molecular flexibility index (Phi) is 3.91. The molecule has 1 amide bonds. The average Bonchev–Trinajstić information content (AvgIpc) is 2.66. The van der Waals surface area contributed by atoms with E-state index in [9.17, 15) is 14.7 Å². The van der Waals surface area contributed by atoms with E-state index < -0.39 is 17.6 Å². The second kappa shape index (κ2) is 4.82. The maximum Gasteiger partial charge on any atom is 0.329 e. The molecule has 5 nitrogen and oxygen atoms in total. The first-order chi connectivity index (χ1) is 7.39. The third-order valence-electron chi connectivity index (χ3n) is 3.25.